The number of hydrogen-bond acceptors (Lipinski definition) is 4. The Morgan fingerprint density at radius 2 is 1.89 bits per heavy atom. The van der Waals surface area contributed by atoms with Gasteiger partial charge in [-0.1, -0.05) is 30.3 Å². The minimum absolute atomic E-state index is 0.440. The summed E-state index contributed by atoms with van der Waals surface area (Å²) in [4.78, 5) is 11.2. The van der Waals surface area contributed by atoms with Gasteiger partial charge >= 0.3 is 0 Å². The van der Waals surface area contributed by atoms with E-state index in [0.29, 0.717) is 12.6 Å². The molecule has 0 bridgehead atoms. The van der Waals surface area contributed by atoms with Crippen molar-refractivity contribution in [3.8, 4) is 0 Å². The van der Waals surface area contributed by atoms with Gasteiger partial charge in [-0.15, -0.1) is 0 Å². The number of aromatic nitrogens is 2. The largest absolute Gasteiger partial charge is 0.348 e. The van der Waals surface area contributed by atoms with E-state index in [4.69, 9.17) is 5.73 Å². The fourth-order valence-electron chi connectivity index (χ4n) is 2.17. The van der Waals surface area contributed by atoms with Crippen LogP contribution in [0.4, 0.5) is 5.82 Å². The Balaban J connectivity index is 1.80. The van der Waals surface area contributed by atoms with E-state index in [1.54, 1.807) is 6.20 Å². The fraction of sp³-hybridized carbons (Fsp3) is 0.333. The Morgan fingerprint density at radius 3 is 2.47 bits per heavy atom. The second-order valence-electron chi connectivity index (χ2n) is 4.91. The number of nitrogens with two attached hydrogens (primary N) is 1. The van der Waals surface area contributed by atoms with Gasteiger partial charge in [0.25, 0.3) is 0 Å². The van der Waals surface area contributed by atoms with Crippen LogP contribution in [-0.4, -0.2) is 16.0 Å². The molecule has 1 aliphatic carbocycles. The first-order chi connectivity index (χ1) is 9.36. The molecule has 0 spiro atoms. The predicted octanol–water partition coefficient (Wildman–Crippen LogP) is 2.10. The summed E-state index contributed by atoms with van der Waals surface area (Å²) in [6, 6.07) is 11.1. The SMILES string of the molecule is NCc1cnc(N(Cc2ccccc2)C2CC2)cn1. The number of nitrogens with zero attached hydrogens (tertiary/aromatic N) is 3. The Bertz CT molecular complexity index is 520. The van der Waals surface area contributed by atoms with Crippen LogP contribution in [0, 0.1) is 0 Å². The molecular formula is C15H18N4. The molecular weight excluding hydrogens is 236 g/mol. The van der Waals surface area contributed by atoms with E-state index in [2.05, 4.69) is 39.1 Å². The molecule has 1 aromatic carbocycles. The summed E-state index contributed by atoms with van der Waals surface area (Å²) in [6.45, 7) is 1.33. The highest BCUT2D eigenvalue weighted by Gasteiger charge is 2.30. The lowest BCUT2D eigenvalue weighted by Gasteiger charge is -2.23. The van der Waals surface area contributed by atoms with Crippen molar-refractivity contribution < 1.29 is 0 Å². The molecule has 1 aliphatic rings. The molecule has 0 radical (unpaired) electrons. The highest BCUT2D eigenvalue weighted by Crippen LogP contribution is 2.31. The number of anilines is 1. The molecule has 3 rings (SSSR count). The van der Waals surface area contributed by atoms with E-state index in [9.17, 15) is 0 Å². The van der Waals surface area contributed by atoms with Gasteiger partial charge in [0.1, 0.15) is 5.82 Å². The fourth-order valence-corrected chi connectivity index (χ4v) is 2.17. The van der Waals surface area contributed by atoms with E-state index < -0.39 is 0 Å². The van der Waals surface area contributed by atoms with Crippen molar-refractivity contribution in [3.63, 3.8) is 0 Å². The maximum atomic E-state index is 5.56. The summed E-state index contributed by atoms with van der Waals surface area (Å²) in [6.07, 6.45) is 6.10. The maximum absolute atomic E-state index is 5.56. The van der Waals surface area contributed by atoms with Crippen LogP contribution in [0.1, 0.15) is 24.1 Å². The van der Waals surface area contributed by atoms with Crippen molar-refractivity contribution in [2.75, 3.05) is 4.90 Å². The van der Waals surface area contributed by atoms with Gasteiger partial charge in [0.2, 0.25) is 0 Å². The van der Waals surface area contributed by atoms with Crippen LogP contribution in [0.3, 0.4) is 0 Å². The van der Waals surface area contributed by atoms with E-state index in [-0.39, 0.29) is 0 Å². The van der Waals surface area contributed by atoms with Gasteiger partial charge in [0.05, 0.1) is 18.1 Å². The van der Waals surface area contributed by atoms with Crippen LogP contribution in [0.25, 0.3) is 0 Å². The van der Waals surface area contributed by atoms with Crippen LogP contribution in [0.2, 0.25) is 0 Å². The zero-order valence-electron chi connectivity index (χ0n) is 10.9. The number of hydrogen-bond donors (Lipinski definition) is 1. The first-order valence-electron chi connectivity index (χ1n) is 6.68. The van der Waals surface area contributed by atoms with Gasteiger partial charge < -0.3 is 10.6 Å². The van der Waals surface area contributed by atoms with E-state index >= 15 is 0 Å². The van der Waals surface area contributed by atoms with Crippen LogP contribution in [0.5, 0.6) is 0 Å². The van der Waals surface area contributed by atoms with Crippen molar-refractivity contribution in [1.29, 1.82) is 0 Å². The molecule has 19 heavy (non-hydrogen) atoms. The minimum atomic E-state index is 0.440. The van der Waals surface area contributed by atoms with Gasteiger partial charge in [0.15, 0.2) is 0 Å². The third-order valence-corrected chi connectivity index (χ3v) is 3.38. The highest BCUT2D eigenvalue weighted by molar-refractivity contribution is 5.40. The van der Waals surface area contributed by atoms with E-state index in [1.807, 2.05) is 12.3 Å². The molecule has 0 aliphatic heterocycles. The molecule has 0 saturated heterocycles. The van der Waals surface area contributed by atoms with Crippen molar-refractivity contribution in [1.82, 2.24) is 9.97 Å². The topological polar surface area (TPSA) is 55.0 Å². The minimum Gasteiger partial charge on any atom is -0.348 e. The first kappa shape index (κ1) is 12.1. The van der Waals surface area contributed by atoms with Crippen LogP contribution in [0.15, 0.2) is 42.7 Å². The molecule has 1 saturated carbocycles. The third-order valence-electron chi connectivity index (χ3n) is 3.38. The number of rotatable bonds is 5. The van der Waals surface area contributed by atoms with Crippen LogP contribution >= 0.6 is 0 Å². The maximum Gasteiger partial charge on any atom is 0.147 e. The van der Waals surface area contributed by atoms with Crippen molar-refractivity contribution in [2.24, 2.45) is 5.73 Å². The molecule has 4 heteroatoms. The van der Waals surface area contributed by atoms with E-state index in [1.165, 1.54) is 18.4 Å². The average Bonchev–Trinajstić information content (AvgIpc) is 3.31. The Labute approximate surface area is 113 Å². The third kappa shape index (κ3) is 2.90. The highest BCUT2D eigenvalue weighted by atomic mass is 15.2. The first-order valence-corrected chi connectivity index (χ1v) is 6.68. The summed E-state index contributed by atoms with van der Waals surface area (Å²) in [5.74, 6) is 0.948. The molecule has 4 nitrogen and oxygen atoms in total. The Kier molecular flexibility index (Phi) is 3.42. The lowest BCUT2D eigenvalue weighted by atomic mass is 10.2. The molecule has 1 fully saturated rings. The average molecular weight is 254 g/mol. The van der Waals surface area contributed by atoms with Crippen molar-refractivity contribution in [3.05, 3.63) is 54.0 Å². The van der Waals surface area contributed by atoms with Crippen LogP contribution < -0.4 is 10.6 Å². The summed E-state index contributed by atoms with van der Waals surface area (Å²) >= 11 is 0. The van der Waals surface area contributed by atoms with Gasteiger partial charge in [-0.25, -0.2) is 4.98 Å². The predicted molar refractivity (Wildman–Crippen MR) is 75.6 cm³/mol. The van der Waals surface area contributed by atoms with Gasteiger partial charge in [-0.05, 0) is 18.4 Å². The Morgan fingerprint density at radius 1 is 1.11 bits per heavy atom. The molecule has 98 valence electrons. The van der Waals surface area contributed by atoms with Gasteiger partial charge in [0, 0.05) is 19.1 Å². The quantitative estimate of drug-likeness (QED) is 0.887. The number of benzene rings is 1. The summed E-state index contributed by atoms with van der Waals surface area (Å²) in [5, 5.41) is 0. The molecule has 2 aromatic rings. The van der Waals surface area contributed by atoms with Crippen molar-refractivity contribution >= 4 is 5.82 Å². The summed E-state index contributed by atoms with van der Waals surface area (Å²) in [5.41, 5.74) is 7.69. The Hall–Kier alpha value is -1.94. The molecule has 0 atom stereocenters. The van der Waals surface area contributed by atoms with Crippen molar-refractivity contribution in [2.45, 2.75) is 32.0 Å². The smallest absolute Gasteiger partial charge is 0.147 e. The zero-order valence-corrected chi connectivity index (χ0v) is 10.9. The van der Waals surface area contributed by atoms with Crippen LogP contribution in [-0.2, 0) is 13.1 Å². The van der Waals surface area contributed by atoms with Gasteiger partial charge in [-0.3, -0.25) is 4.98 Å². The lowest BCUT2D eigenvalue weighted by Crippen LogP contribution is -2.26. The molecule has 2 N–H and O–H groups in total. The van der Waals surface area contributed by atoms with Gasteiger partial charge in [-0.2, -0.15) is 0 Å². The summed E-state index contributed by atoms with van der Waals surface area (Å²) < 4.78 is 0. The molecule has 0 unspecified atom stereocenters. The molecule has 1 aromatic heterocycles. The zero-order chi connectivity index (χ0) is 13.1. The molecule has 0 amide bonds. The normalized spacial score (nSPS) is 14.4. The second kappa shape index (κ2) is 5.36. The summed E-state index contributed by atoms with van der Waals surface area (Å²) in [7, 11) is 0. The monoisotopic (exact) mass is 254 g/mol. The molecule has 1 heterocycles. The lowest BCUT2D eigenvalue weighted by molar-refractivity contribution is 0.770. The van der Waals surface area contributed by atoms with E-state index in [0.717, 1.165) is 18.1 Å². The standard InChI is InChI=1S/C15H18N4/c16-8-13-9-18-15(10-17-13)19(14-6-7-14)11-12-4-2-1-3-5-12/h1-5,9-10,14H,6-8,11,16H2. The second-order valence-corrected chi connectivity index (χ2v) is 4.91.